The quantitative estimate of drug-likeness (QED) is 0.317. The molecular weight excluding hydrogens is 495 g/mol. The number of halogens is 2. The second-order valence-electron chi connectivity index (χ2n) is 8.59. The van der Waals surface area contributed by atoms with Crippen molar-refractivity contribution in [1.29, 1.82) is 0 Å². The fourth-order valence-electron chi connectivity index (χ4n) is 3.78. The van der Waals surface area contributed by atoms with Gasteiger partial charge in [0.1, 0.15) is 18.1 Å². The van der Waals surface area contributed by atoms with Crippen molar-refractivity contribution in [3.8, 4) is 22.7 Å². The Morgan fingerprint density at radius 1 is 1.08 bits per heavy atom. The van der Waals surface area contributed by atoms with Gasteiger partial charge in [0.2, 0.25) is 11.9 Å². The molecule has 0 radical (unpaired) electrons. The van der Waals surface area contributed by atoms with Crippen LogP contribution in [0.2, 0.25) is 5.02 Å². The molecule has 1 aromatic heterocycles. The number of hydrogen-bond acceptors (Lipinski definition) is 4. The van der Waals surface area contributed by atoms with Gasteiger partial charge < -0.3 is 9.64 Å². The number of carbonyl (C=O) groups is 2. The average molecular weight is 521 g/mol. The molecule has 7 nitrogen and oxygen atoms in total. The van der Waals surface area contributed by atoms with Crippen LogP contribution >= 0.6 is 11.6 Å². The summed E-state index contributed by atoms with van der Waals surface area (Å²) in [6, 6.07) is 20.2. The Morgan fingerprint density at radius 2 is 1.84 bits per heavy atom. The third kappa shape index (κ3) is 5.98. The van der Waals surface area contributed by atoms with Gasteiger partial charge in [-0.3, -0.25) is 19.5 Å². The van der Waals surface area contributed by atoms with E-state index in [0.29, 0.717) is 22.7 Å². The molecule has 1 N–H and O–H groups in total. The predicted octanol–water partition coefficient (Wildman–Crippen LogP) is 5.83. The first-order chi connectivity index (χ1) is 17.8. The number of amides is 2. The highest BCUT2D eigenvalue weighted by atomic mass is 35.5. The average Bonchev–Trinajstić information content (AvgIpc) is 3.32. The second kappa shape index (κ2) is 11.3. The first kappa shape index (κ1) is 25.9. The normalized spacial score (nSPS) is 10.9. The van der Waals surface area contributed by atoms with Crippen LogP contribution in [0.5, 0.6) is 5.75 Å². The van der Waals surface area contributed by atoms with Crippen LogP contribution in [-0.2, 0) is 4.79 Å². The van der Waals surface area contributed by atoms with E-state index in [-0.39, 0.29) is 29.5 Å². The van der Waals surface area contributed by atoms with Crippen molar-refractivity contribution >= 4 is 29.4 Å². The monoisotopic (exact) mass is 520 g/mol. The fraction of sp³-hybridized carbons (Fsp3) is 0.179. The maximum atomic E-state index is 13.8. The molecule has 0 bridgehead atoms. The van der Waals surface area contributed by atoms with E-state index in [1.165, 1.54) is 24.1 Å². The molecule has 0 aliphatic rings. The number of hydrogen-bond donors (Lipinski definition) is 1. The lowest BCUT2D eigenvalue weighted by atomic mass is 10.1. The van der Waals surface area contributed by atoms with Crippen LogP contribution in [0.1, 0.15) is 24.2 Å². The lowest BCUT2D eigenvalue weighted by Crippen LogP contribution is -2.42. The van der Waals surface area contributed by atoms with Crippen LogP contribution < -0.4 is 10.1 Å². The Morgan fingerprint density at radius 3 is 2.51 bits per heavy atom. The molecule has 0 atom stereocenters. The summed E-state index contributed by atoms with van der Waals surface area (Å²) in [7, 11) is 1.53. The van der Waals surface area contributed by atoms with Crippen molar-refractivity contribution in [2.24, 2.45) is 0 Å². The van der Waals surface area contributed by atoms with Gasteiger partial charge in [-0.05, 0) is 50.2 Å². The summed E-state index contributed by atoms with van der Waals surface area (Å²) in [5.74, 6) is -0.535. The van der Waals surface area contributed by atoms with E-state index in [4.69, 9.17) is 16.3 Å². The number of rotatable bonds is 8. The van der Waals surface area contributed by atoms with Crippen LogP contribution in [-0.4, -0.2) is 46.0 Å². The van der Waals surface area contributed by atoms with Gasteiger partial charge in [-0.15, -0.1) is 0 Å². The standard InChI is InChI=1S/C28H26ClFN4O3/c1-18(2)33(27(36)20-10-7-11-22(14-20)37-3)17-26(35)32-28-31-25(19-8-5-4-6-9-19)16-34(28)21-12-13-24(30)23(29)15-21/h4-16,18H,17H2,1-3H3,(H,31,32,35). The molecule has 2 amide bonds. The Balaban J connectivity index is 1.63. The number of methoxy groups -OCH3 is 1. The number of nitrogens with zero attached hydrogens (tertiary/aromatic N) is 3. The highest BCUT2D eigenvalue weighted by Gasteiger charge is 2.23. The predicted molar refractivity (Wildman–Crippen MR) is 142 cm³/mol. The summed E-state index contributed by atoms with van der Waals surface area (Å²) >= 11 is 6.01. The Kier molecular flexibility index (Phi) is 7.89. The molecule has 4 aromatic rings. The first-order valence-electron chi connectivity index (χ1n) is 11.6. The Hall–Kier alpha value is -4.17. The molecule has 37 heavy (non-hydrogen) atoms. The topological polar surface area (TPSA) is 76.5 Å². The minimum Gasteiger partial charge on any atom is -0.497 e. The number of benzene rings is 3. The molecule has 190 valence electrons. The van der Waals surface area contributed by atoms with Gasteiger partial charge in [0.05, 0.1) is 23.5 Å². The van der Waals surface area contributed by atoms with Gasteiger partial charge in [-0.25, -0.2) is 9.37 Å². The summed E-state index contributed by atoms with van der Waals surface area (Å²) in [5, 5.41) is 2.75. The van der Waals surface area contributed by atoms with E-state index in [1.54, 1.807) is 41.1 Å². The van der Waals surface area contributed by atoms with Crippen molar-refractivity contribution in [3.05, 3.63) is 95.4 Å². The van der Waals surface area contributed by atoms with Crippen molar-refractivity contribution in [3.63, 3.8) is 0 Å². The second-order valence-corrected chi connectivity index (χ2v) is 9.00. The Labute approximate surface area is 219 Å². The zero-order chi connectivity index (χ0) is 26.5. The van der Waals surface area contributed by atoms with E-state index < -0.39 is 11.7 Å². The van der Waals surface area contributed by atoms with Crippen molar-refractivity contribution in [2.45, 2.75) is 19.9 Å². The lowest BCUT2D eigenvalue weighted by Gasteiger charge is -2.26. The van der Waals surface area contributed by atoms with Gasteiger partial charge in [0, 0.05) is 23.4 Å². The van der Waals surface area contributed by atoms with Gasteiger partial charge >= 0.3 is 0 Å². The van der Waals surface area contributed by atoms with Gasteiger partial charge in [0.25, 0.3) is 5.91 Å². The van der Waals surface area contributed by atoms with Crippen LogP contribution in [0, 0.1) is 5.82 Å². The summed E-state index contributed by atoms with van der Waals surface area (Å²) in [5.41, 5.74) is 2.37. The molecule has 0 aliphatic heterocycles. The molecular formula is C28H26ClFN4O3. The number of nitrogens with one attached hydrogen (secondary N) is 1. The molecule has 1 heterocycles. The highest BCUT2D eigenvalue weighted by molar-refractivity contribution is 6.30. The van der Waals surface area contributed by atoms with Crippen LogP contribution in [0.15, 0.2) is 79.0 Å². The van der Waals surface area contributed by atoms with Crippen LogP contribution in [0.3, 0.4) is 0 Å². The van der Waals surface area contributed by atoms with E-state index >= 15 is 0 Å². The van der Waals surface area contributed by atoms with Crippen LogP contribution in [0.4, 0.5) is 10.3 Å². The summed E-state index contributed by atoms with van der Waals surface area (Å²) < 4.78 is 20.6. The molecule has 4 rings (SSSR count). The van der Waals surface area contributed by atoms with E-state index in [9.17, 15) is 14.0 Å². The van der Waals surface area contributed by atoms with Crippen LogP contribution in [0.25, 0.3) is 16.9 Å². The third-order valence-electron chi connectivity index (χ3n) is 5.72. The SMILES string of the molecule is COc1cccc(C(=O)N(CC(=O)Nc2nc(-c3ccccc3)cn2-c2ccc(F)c(Cl)c2)C(C)C)c1. The molecule has 0 saturated carbocycles. The fourth-order valence-corrected chi connectivity index (χ4v) is 3.95. The maximum Gasteiger partial charge on any atom is 0.254 e. The summed E-state index contributed by atoms with van der Waals surface area (Å²) in [6.45, 7) is 3.46. The van der Waals surface area contributed by atoms with Gasteiger partial charge in [0.15, 0.2) is 0 Å². The summed E-state index contributed by atoms with van der Waals surface area (Å²) in [6.07, 6.45) is 1.73. The third-order valence-corrected chi connectivity index (χ3v) is 6.01. The molecule has 3 aromatic carbocycles. The number of carbonyl (C=O) groups excluding carboxylic acids is 2. The Bertz CT molecular complexity index is 1420. The van der Waals surface area contributed by atoms with E-state index in [1.807, 2.05) is 44.2 Å². The zero-order valence-corrected chi connectivity index (χ0v) is 21.4. The number of aromatic nitrogens is 2. The van der Waals surface area contributed by atoms with Crippen molar-refractivity contribution in [2.75, 3.05) is 19.0 Å². The number of imidazole rings is 1. The highest BCUT2D eigenvalue weighted by Crippen LogP contribution is 2.27. The molecule has 0 aliphatic carbocycles. The molecule has 0 saturated heterocycles. The molecule has 0 spiro atoms. The molecule has 0 unspecified atom stereocenters. The van der Waals surface area contributed by atoms with Crippen molar-refractivity contribution in [1.82, 2.24) is 14.5 Å². The first-order valence-corrected chi connectivity index (χ1v) is 12.0. The summed E-state index contributed by atoms with van der Waals surface area (Å²) in [4.78, 5) is 32.4. The number of anilines is 1. The maximum absolute atomic E-state index is 13.8. The molecule has 9 heteroatoms. The van der Waals surface area contributed by atoms with Gasteiger partial charge in [-0.1, -0.05) is 48.0 Å². The smallest absolute Gasteiger partial charge is 0.254 e. The lowest BCUT2D eigenvalue weighted by molar-refractivity contribution is -0.117. The van der Waals surface area contributed by atoms with E-state index in [0.717, 1.165) is 5.56 Å². The minimum atomic E-state index is -0.553. The largest absolute Gasteiger partial charge is 0.497 e. The van der Waals surface area contributed by atoms with E-state index in [2.05, 4.69) is 10.3 Å². The van der Waals surface area contributed by atoms with Gasteiger partial charge in [-0.2, -0.15) is 0 Å². The minimum absolute atomic E-state index is 0.0559. The zero-order valence-electron chi connectivity index (χ0n) is 20.6. The van der Waals surface area contributed by atoms with Crippen molar-refractivity contribution < 1.29 is 18.7 Å². The number of ether oxygens (including phenoxy) is 1. The molecule has 0 fully saturated rings.